The van der Waals surface area contributed by atoms with Gasteiger partial charge in [0.2, 0.25) is 11.6 Å². The molecule has 3 fully saturated rings. The summed E-state index contributed by atoms with van der Waals surface area (Å²) in [5.74, 6) is -5.92. The molecular formula is C26H34F4N8O5. The third kappa shape index (κ3) is 9.49. The minimum atomic E-state index is -2.99. The number of halogens is 4. The van der Waals surface area contributed by atoms with Crippen LogP contribution in [0.25, 0.3) is 5.65 Å². The summed E-state index contributed by atoms with van der Waals surface area (Å²) in [6.45, 7) is -1.32. The Labute approximate surface area is 244 Å². The van der Waals surface area contributed by atoms with Gasteiger partial charge in [-0.05, 0) is 47.6 Å². The molecular weight excluding hydrogens is 580 g/mol. The summed E-state index contributed by atoms with van der Waals surface area (Å²) in [6.07, 6.45) is 8.93. The molecule has 17 heteroatoms. The Morgan fingerprint density at radius 1 is 1.14 bits per heavy atom. The number of hydrogen-bond donors (Lipinski definition) is 2. The number of ether oxygens (including phenoxy) is 2. The van der Waals surface area contributed by atoms with Crippen LogP contribution in [-0.4, -0.2) is 87.0 Å². The van der Waals surface area contributed by atoms with Crippen molar-refractivity contribution < 1.29 is 41.3 Å². The molecule has 13 nitrogen and oxygen atoms in total. The maximum atomic E-state index is 13.5. The van der Waals surface area contributed by atoms with Gasteiger partial charge in [0.25, 0.3) is 17.7 Å². The molecule has 43 heavy (non-hydrogen) atoms. The van der Waals surface area contributed by atoms with E-state index >= 15 is 0 Å². The number of carbonyl (C=O) groups excluding carboxylic acids is 2. The highest BCUT2D eigenvalue weighted by atomic mass is 19.3. The van der Waals surface area contributed by atoms with E-state index in [0.717, 1.165) is 11.3 Å². The van der Waals surface area contributed by atoms with Gasteiger partial charge < -0.3 is 25.0 Å². The van der Waals surface area contributed by atoms with Gasteiger partial charge >= 0.3 is 6.03 Å². The summed E-state index contributed by atoms with van der Waals surface area (Å²) in [5.41, 5.74) is 1.36. The summed E-state index contributed by atoms with van der Waals surface area (Å²) in [4.78, 5) is 29.3. The maximum Gasteiger partial charge on any atom is 0.318 e. The highest BCUT2D eigenvalue weighted by Crippen LogP contribution is 2.32. The van der Waals surface area contributed by atoms with E-state index in [9.17, 15) is 27.2 Å². The minimum absolute atomic E-state index is 0.0389. The minimum Gasteiger partial charge on any atom is -0.477 e. The van der Waals surface area contributed by atoms with Crippen molar-refractivity contribution in [1.82, 2.24) is 40.4 Å². The molecule has 0 bridgehead atoms. The third-order valence-electron chi connectivity index (χ3n) is 6.75. The predicted octanol–water partition coefficient (Wildman–Crippen LogP) is 3.59. The van der Waals surface area contributed by atoms with Crippen LogP contribution < -0.4 is 15.4 Å². The molecule has 236 valence electrons. The molecule has 2 N–H and O–H groups in total. The SMILES string of the molecule is COC1CC1.COc1nonc1C(=O)NCc1cn2ncc(CN3CC(F)(F)CNC3=O)cc2n1.FC1(F)CCCCC1. The lowest BCUT2D eigenvalue weighted by Crippen LogP contribution is -2.56. The first-order valence-corrected chi connectivity index (χ1v) is 13.8. The number of aromatic nitrogens is 5. The molecule has 3 amide bonds. The molecule has 0 atom stereocenters. The number of fused-ring (bicyclic) bond motifs is 1. The quantitative estimate of drug-likeness (QED) is 0.381. The Kier molecular flexibility index (Phi) is 10.4. The van der Waals surface area contributed by atoms with Crippen LogP contribution in [0.2, 0.25) is 0 Å². The normalized spacial score (nSPS) is 18.9. The second-order valence-electron chi connectivity index (χ2n) is 10.4. The summed E-state index contributed by atoms with van der Waals surface area (Å²) in [7, 11) is 3.09. The van der Waals surface area contributed by atoms with Crippen molar-refractivity contribution in [2.75, 3.05) is 27.3 Å². The van der Waals surface area contributed by atoms with Crippen molar-refractivity contribution in [2.24, 2.45) is 0 Å². The number of urea groups is 1. The lowest BCUT2D eigenvalue weighted by molar-refractivity contribution is -0.0368. The molecule has 2 saturated carbocycles. The van der Waals surface area contributed by atoms with E-state index in [2.05, 4.69) is 35.7 Å². The van der Waals surface area contributed by atoms with Gasteiger partial charge in [-0.25, -0.2) is 36.5 Å². The summed E-state index contributed by atoms with van der Waals surface area (Å²) >= 11 is 0. The molecule has 3 aromatic rings. The Bertz CT molecular complexity index is 1370. The number of carbonyl (C=O) groups is 2. The van der Waals surface area contributed by atoms with E-state index in [1.807, 2.05) is 0 Å². The van der Waals surface area contributed by atoms with Gasteiger partial charge in [-0.3, -0.25) is 4.79 Å². The topological polar surface area (TPSA) is 149 Å². The van der Waals surface area contributed by atoms with E-state index in [0.29, 0.717) is 35.9 Å². The fourth-order valence-electron chi connectivity index (χ4n) is 4.29. The van der Waals surface area contributed by atoms with Crippen LogP contribution >= 0.6 is 0 Å². The zero-order valence-corrected chi connectivity index (χ0v) is 23.8. The Morgan fingerprint density at radius 2 is 1.88 bits per heavy atom. The van der Waals surface area contributed by atoms with Gasteiger partial charge in [-0.15, -0.1) is 0 Å². The lowest BCUT2D eigenvalue weighted by atomic mass is 9.97. The first kappa shape index (κ1) is 31.9. The molecule has 0 unspecified atom stereocenters. The van der Waals surface area contributed by atoms with Crippen molar-refractivity contribution >= 4 is 17.6 Å². The maximum absolute atomic E-state index is 13.5. The van der Waals surface area contributed by atoms with Crippen LogP contribution in [0.4, 0.5) is 22.4 Å². The standard InChI is InChI=1S/C16H16F2N8O4.C6H10F2.C4H8O/c1-29-14-12(23-30-24-14)13(27)19-4-10-6-26-11(22-10)2-9(3-21-26)5-25-8-16(17,18)7-20-15(25)28;7-6(8)4-2-1-3-5-6;1-5-4-2-3-4/h2-3,6H,4-5,7-8H2,1H3,(H,19,27)(H,20,28);1-5H2;4H,2-3H2,1H3. The molecule has 2 aliphatic carbocycles. The molecule has 1 saturated heterocycles. The van der Waals surface area contributed by atoms with Crippen molar-refractivity contribution in [1.29, 1.82) is 0 Å². The number of rotatable bonds is 7. The Hall–Kier alpha value is -4.02. The summed E-state index contributed by atoms with van der Waals surface area (Å²) < 4.78 is 67.1. The molecule has 3 aliphatic rings. The predicted molar refractivity (Wildman–Crippen MR) is 142 cm³/mol. The van der Waals surface area contributed by atoms with E-state index in [1.54, 1.807) is 19.4 Å². The first-order chi connectivity index (χ1) is 20.5. The van der Waals surface area contributed by atoms with Crippen LogP contribution in [0.1, 0.15) is 66.7 Å². The average molecular weight is 615 g/mol. The molecule has 0 radical (unpaired) electrons. The van der Waals surface area contributed by atoms with E-state index in [1.165, 1.54) is 30.7 Å². The number of imidazole rings is 1. The summed E-state index contributed by atoms with van der Waals surface area (Å²) in [6, 6.07) is 1.06. The van der Waals surface area contributed by atoms with E-state index in [-0.39, 0.29) is 37.5 Å². The van der Waals surface area contributed by atoms with Crippen LogP contribution in [0.15, 0.2) is 23.1 Å². The number of nitrogens with zero attached hydrogens (tertiary/aromatic N) is 6. The van der Waals surface area contributed by atoms with E-state index in [4.69, 9.17) is 9.47 Å². The fraction of sp³-hybridized carbons (Fsp3) is 0.615. The first-order valence-electron chi connectivity index (χ1n) is 13.8. The van der Waals surface area contributed by atoms with Crippen molar-refractivity contribution in [3.8, 4) is 5.88 Å². The van der Waals surface area contributed by atoms with Gasteiger partial charge in [-0.2, -0.15) is 5.10 Å². The number of methoxy groups -OCH3 is 2. The molecule has 6 rings (SSSR count). The monoisotopic (exact) mass is 614 g/mol. The highest BCUT2D eigenvalue weighted by Gasteiger charge is 2.38. The second kappa shape index (κ2) is 14.0. The zero-order chi connectivity index (χ0) is 31.0. The lowest BCUT2D eigenvalue weighted by Gasteiger charge is -2.32. The van der Waals surface area contributed by atoms with Crippen molar-refractivity contribution in [3.63, 3.8) is 0 Å². The second-order valence-corrected chi connectivity index (χ2v) is 10.4. The molecule has 0 spiro atoms. The number of alkyl halides is 4. The van der Waals surface area contributed by atoms with Crippen molar-refractivity contribution in [3.05, 3.63) is 35.4 Å². The van der Waals surface area contributed by atoms with Crippen LogP contribution in [0.3, 0.4) is 0 Å². The third-order valence-corrected chi connectivity index (χ3v) is 6.75. The molecule has 4 heterocycles. The van der Waals surface area contributed by atoms with Gasteiger partial charge in [0.05, 0.1) is 50.9 Å². The van der Waals surface area contributed by atoms with E-state index < -0.39 is 36.9 Å². The highest BCUT2D eigenvalue weighted by molar-refractivity contribution is 5.94. The average Bonchev–Trinajstić information content (AvgIpc) is 3.54. The summed E-state index contributed by atoms with van der Waals surface area (Å²) in [5, 5.41) is 15.8. The zero-order valence-electron chi connectivity index (χ0n) is 23.8. The molecule has 3 aromatic heterocycles. The molecule has 0 aromatic carbocycles. The van der Waals surface area contributed by atoms with Crippen LogP contribution in [0, 0.1) is 0 Å². The number of nitrogens with one attached hydrogen (secondary N) is 2. The molecule has 1 aliphatic heterocycles. The van der Waals surface area contributed by atoms with Gasteiger partial charge in [0.15, 0.2) is 5.65 Å². The smallest absolute Gasteiger partial charge is 0.318 e. The van der Waals surface area contributed by atoms with Crippen molar-refractivity contribution in [2.45, 2.75) is 76.0 Å². The van der Waals surface area contributed by atoms with Gasteiger partial charge in [-0.1, -0.05) is 6.42 Å². The number of amides is 3. The van der Waals surface area contributed by atoms with Gasteiger partial charge in [0, 0.05) is 26.5 Å². The van der Waals surface area contributed by atoms with Crippen LogP contribution in [0.5, 0.6) is 5.88 Å². The number of hydrogen-bond acceptors (Lipinski definition) is 9. The largest absolute Gasteiger partial charge is 0.477 e. The van der Waals surface area contributed by atoms with Crippen LogP contribution in [-0.2, 0) is 17.8 Å². The Morgan fingerprint density at radius 3 is 2.49 bits per heavy atom. The van der Waals surface area contributed by atoms with Gasteiger partial charge in [0.1, 0.15) is 0 Å². The fourth-order valence-corrected chi connectivity index (χ4v) is 4.29. The Balaban J connectivity index is 0.000000267.